The maximum absolute atomic E-state index is 5.62. The molecule has 1 rings (SSSR count). The molecule has 0 saturated heterocycles. The number of aromatic nitrogens is 1. The molecule has 0 bridgehead atoms. The van der Waals surface area contributed by atoms with Crippen LogP contribution in [0.2, 0.25) is 0 Å². The minimum absolute atomic E-state index is 0.206. The van der Waals surface area contributed by atoms with Gasteiger partial charge in [0, 0.05) is 19.6 Å². The van der Waals surface area contributed by atoms with Gasteiger partial charge in [0.05, 0.1) is 18.3 Å². The Morgan fingerprint density at radius 1 is 1.50 bits per heavy atom. The number of rotatable bonds is 6. The van der Waals surface area contributed by atoms with E-state index in [0.717, 1.165) is 18.1 Å². The van der Waals surface area contributed by atoms with E-state index in [1.54, 1.807) is 13.3 Å². The van der Waals surface area contributed by atoms with Crippen LogP contribution in [-0.4, -0.2) is 23.7 Å². The Hall–Kier alpha value is -0.870. The van der Waals surface area contributed by atoms with Crippen molar-refractivity contribution in [2.24, 2.45) is 0 Å². The lowest BCUT2D eigenvalue weighted by atomic mass is 10.0. The van der Waals surface area contributed by atoms with E-state index < -0.39 is 0 Å². The van der Waals surface area contributed by atoms with Crippen LogP contribution in [0.4, 0.5) is 0 Å². The summed E-state index contributed by atoms with van der Waals surface area (Å²) in [4.78, 5) is 4.22. The van der Waals surface area contributed by atoms with Gasteiger partial charge in [-0.25, -0.2) is 4.98 Å². The van der Waals surface area contributed by atoms with Gasteiger partial charge >= 0.3 is 0 Å². The molecule has 0 atom stereocenters. The largest absolute Gasteiger partial charge is 0.444 e. The van der Waals surface area contributed by atoms with Crippen molar-refractivity contribution < 1.29 is 9.15 Å². The monoisotopic (exact) mass is 226 g/mol. The van der Waals surface area contributed by atoms with Crippen LogP contribution in [0, 0.1) is 0 Å². The number of hydrogen-bond donors (Lipinski definition) is 1. The number of ether oxygens (including phenoxy) is 1. The molecule has 16 heavy (non-hydrogen) atoms. The first-order chi connectivity index (χ1) is 7.43. The van der Waals surface area contributed by atoms with Crippen molar-refractivity contribution in [1.29, 1.82) is 0 Å². The van der Waals surface area contributed by atoms with Gasteiger partial charge in [0.15, 0.2) is 0 Å². The van der Waals surface area contributed by atoms with Crippen molar-refractivity contribution in [3.8, 4) is 0 Å². The summed E-state index contributed by atoms with van der Waals surface area (Å²) in [6, 6.07) is 0.436. The zero-order valence-corrected chi connectivity index (χ0v) is 10.8. The Bertz CT molecular complexity index is 319. The van der Waals surface area contributed by atoms with Crippen LogP contribution in [0.1, 0.15) is 39.3 Å². The second kappa shape index (κ2) is 5.46. The Kier molecular flexibility index (Phi) is 4.50. The van der Waals surface area contributed by atoms with Crippen molar-refractivity contribution in [2.45, 2.75) is 52.3 Å². The first-order valence-corrected chi connectivity index (χ1v) is 5.65. The molecule has 0 aliphatic rings. The maximum atomic E-state index is 5.62. The van der Waals surface area contributed by atoms with E-state index in [2.05, 4.69) is 24.1 Å². The summed E-state index contributed by atoms with van der Waals surface area (Å²) in [6.07, 6.45) is 2.51. The van der Waals surface area contributed by atoms with Gasteiger partial charge in [-0.1, -0.05) is 13.8 Å². The SMILES string of the molecule is COC(C)(C)Cc1cnc(CNC(C)C)o1. The molecule has 92 valence electrons. The quantitative estimate of drug-likeness (QED) is 0.807. The second-order valence-corrected chi connectivity index (χ2v) is 4.90. The summed E-state index contributed by atoms with van der Waals surface area (Å²) in [5, 5.41) is 3.26. The predicted octanol–water partition coefficient (Wildman–Crippen LogP) is 2.14. The van der Waals surface area contributed by atoms with Gasteiger partial charge in [-0.05, 0) is 13.8 Å². The topological polar surface area (TPSA) is 47.3 Å². The van der Waals surface area contributed by atoms with Gasteiger partial charge in [0.1, 0.15) is 5.76 Å². The van der Waals surface area contributed by atoms with Gasteiger partial charge in [0.25, 0.3) is 0 Å². The van der Waals surface area contributed by atoms with Crippen LogP contribution in [0.15, 0.2) is 10.6 Å². The van der Waals surface area contributed by atoms with E-state index in [1.165, 1.54) is 0 Å². The minimum Gasteiger partial charge on any atom is -0.444 e. The fourth-order valence-corrected chi connectivity index (χ4v) is 1.29. The van der Waals surface area contributed by atoms with Gasteiger partial charge < -0.3 is 14.5 Å². The average molecular weight is 226 g/mol. The van der Waals surface area contributed by atoms with Crippen molar-refractivity contribution in [2.75, 3.05) is 7.11 Å². The number of nitrogens with one attached hydrogen (secondary N) is 1. The Morgan fingerprint density at radius 2 is 2.19 bits per heavy atom. The van der Waals surface area contributed by atoms with E-state index in [4.69, 9.17) is 9.15 Å². The first kappa shape index (κ1) is 13.2. The average Bonchev–Trinajstić information content (AvgIpc) is 2.62. The van der Waals surface area contributed by atoms with E-state index in [0.29, 0.717) is 12.6 Å². The van der Waals surface area contributed by atoms with Gasteiger partial charge in [-0.15, -0.1) is 0 Å². The van der Waals surface area contributed by atoms with Gasteiger partial charge in [0.2, 0.25) is 5.89 Å². The van der Waals surface area contributed by atoms with Crippen LogP contribution in [0.5, 0.6) is 0 Å². The summed E-state index contributed by atoms with van der Waals surface area (Å²) in [5.41, 5.74) is -0.206. The van der Waals surface area contributed by atoms with Crippen molar-refractivity contribution in [3.05, 3.63) is 17.8 Å². The van der Waals surface area contributed by atoms with Crippen molar-refractivity contribution >= 4 is 0 Å². The molecule has 0 radical (unpaired) electrons. The highest BCUT2D eigenvalue weighted by molar-refractivity contribution is 4.98. The predicted molar refractivity (Wildman–Crippen MR) is 63.3 cm³/mol. The molecule has 0 amide bonds. The molecule has 0 fully saturated rings. The van der Waals surface area contributed by atoms with Gasteiger partial charge in [-0.3, -0.25) is 0 Å². The van der Waals surface area contributed by atoms with E-state index >= 15 is 0 Å². The molecule has 1 aromatic rings. The highest BCUT2D eigenvalue weighted by Crippen LogP contribution is 2.16. The number of oxazole rings is 1. The van der Waals surface area contributed by atoms with E-state index in [9.17, 15) is 0 Å². The zero-order valence-electron chi connectivity index (χ0n) is 10.8. The molecule has 0 aliphatic heterocycles. The lowest BCUT2D eigenvalue weighted by Crippen LogP contribution is -2.25. The van der Waals surface area contributed by atoms with Crippen molar-refractivity contribution in [1.82, 2.24) is 10.3 Å². The molecule has 0 aromatic carbocycles. The standard InChI is InChI=1S/C12H22N2O2/c1-9(2)13-8-11-14-7-10(16-11)6-12(3,4)15-5/h7,9,13H,6,8H2,1-5H3. The maximum Gasteiger partial charge on any atom is 0.208 e. The third-order valence-corrected chi connectivity index (χ3v) is 2.42. The minimum atomic E-state index is -0.206. The smallest absolute Gasteiger partial charge is 0.208 e. The number of methoxy groups -OCH3 is 1. The molecular weight excluding hydrogens is 204 g/mol. The lowest BCUT2D eigenvalue weighted by Gasteiger charge is -2.20. The molecule has 4 heteroatoms. The van der Waals surface area contributed by atoms with E-state index in [-0.39, 0.29) is 5.60 Å². The fraction of sp³-hybridized carbons (Fsp3) is 0.750. The van der Waals surface area contributed by atoms with Crippen LogP contribution >= 0.6 is 0 Å². The van der Waals surface area contributed by atoms with Crippen LogP contribution in [-0.2, 0) is 17.7 Å². The summed E-state index contributed by atoms with van der Waals surface area (Å²) in [5.74, 6) is 1.60. The zero-order chi connectivity index (χ0) is 12.2. The molecule has 1 aromatic heterocycles. The summed E-state index contributed by atoms with van der Waals surface area (Å²) < 4.78 is 11.0. The Balaban J connectivity index is 2.51. The molecule has 0 saturated carbocycles. The second-order valence-electron chi connectivity index (χ2n) is 4.90. The summed E-state index contributed by atoms with van der Waals surface area (Å²) in [6.45, 7) is 8.92. The van der Waals surface area contributed by atoms with Crippen LogP contribution in [0.25, 0.3) is 0 Å². The third kappa shape index (κ3) is 4.33. The molecule has 4 nitrogen and oxygen atoms in total. The number of hydrogen-bond acceptors (Lipinski definition) is 4. The molecular formula is C12H22N2O2. The summed E-state index contributed by atoms with van der Waals surface area (Å²) in [7, 11) is 1.71. The first-order valence-electron chi connectivity index (χ1n) is 5.65. The number of nitrogens with zero attached hydrogens (tertiary/aromatic N) is 1. The highest BCUT2D eigenvalue weighted by Gasteiger charge is 2.19. The fourth-order valence-electron chi connectivity index (χ4n) is 1.29. The van der Waals surface area contributed by atoms with Crippen LogP contribution < -0.4 is 5.32 Å². The third-order valence-electron chi connectivity index (χ3n) is 2.42. The summed E-state index contributed by atoms with van der Waals surface area (Å²) >= 11 is 0. The van der Waals surface area contributed by atoms with Gasteiger partial charge in [-0.2, -0.15) is 0 Å². The molecule has 1 heterocycles. The van der Waals surface area contributed by atoms with E-state index in [1.807, 2.05) is 13.8 Å². The Labute approximate surface area is 97.4 Å². The molecule has 1 N–H and O–H groups in total. The molecule has 0 aliphatic carbocycles. The highest BCUT2D eigenvalue weighted by atomic mass is 16.5. The molecule has 0 spiro atoms. The van der Waals surface area contributed by atoms with Crippen LogP contribution in [0.3, 0.4) is 0 Å². The lowest BCUT2D eigenvalue weighted by molar-refractivity contribution is 0.0190. The Morgan fingerprint density at radius 3 is 2.75 bits per heavy atom. The van der Waals surface area contributed by atoms with Crippen molar-refractivity contribution in [3.63, 3.8) is 0 Å². The molecule has 0 unspecified atom stereocenters. The normalized spacial score (nSPS) is 12.4.